The van der Waals surface area contributed by atoms with Gasteiger partial charge in [0.1, 0.15) is 6.07 Å². The van der Waals surface area contributed by atoms with Crippen LogP contribution >= 0.6 is 0 Å². The fraction of sp³-hybridized carbons (Fsp3) is 0.250. The van der Waals surface area contributed by atoms with Crippen LogP contribution < -0.4 is 5.73 Å². The van der Waals surface area contributed by atoms with Gasteiger partial charge in [0, 0.05) is 18.8 Å². The van der Waals surface area contributed by atoms with E-state index in [0.29, 0.717) is 6.42 Å². The number of aliphatic imine (C=N–C) groups is 1. The molecule has 0 fully saturated rings. The Morgan fingerprint density at radius 3 is 2.82 bits per heavy atom. The summed E-state index contributed by atoms with van der Waals surface area (Å²) in [5.74, 6) is 0. The van der Waals surface area contributed by atoms with Crippen LogP contribution in [-0.2, 0) is 0 Å². The number of nitriles is 1. The van der Waals surface area contributed by atoms with Crippen LogP contribution in [0.25, 0.3) is 0 Å². The Bertz CT molecular complexity index is 230. The van der Waals surface area contributed by atoms with Crippen molar-refractivity contribution in [1.82, 2.24) is 0 Å². The van der Waals surface area contributed by atoms with Gasteiger partial charge in [-0.3, -0.25) is 0 Å². The van der Waals surface area contributed by atoms with Gasteiger partial charge in [0.25, 0.3) is 0 Å². The van der Waals surface area contributed by atoms with Crippen molar-refractivity contribution in [3.63, 3.8) is 0 Å². The van der Waals surface area contributed by atoms with Crippen LogP contribution in [0.15, 0.2) is 29.0 Å². The first-order valence-corrected chi connectivity index (χ1v) is 3.19. The Hall–Kier alpha value is -1.56. The largest absolute Gasteiger partial charge is 0.402 e. The maximum absolute atomic E-state index is 8.36. The first-order valence-electron chi connectivity index (χ1n) is 3.19. The number of nitrogens with zero attached hydrogens (tertiary/aromatic N) is 2. The van der Waals surface area contributed by atoms with Crippen LogP contribution in [0.2, 0.25) is 0 Å². The molecule has 0 atom stereocenters. The summed E-state index contributed by atoms with van der Waals surface area (Å²) in [5, 5.41) is 8.36. The molecule has 0 saturated carbocycles. The van der Waals surface area contributed by atoms with E-state index in [1.165, 1.54) is 6.20 Å². The summed E-state index contributed by atoms with van der Waals surface area (Å²) in [6.45, 7) is 5.57. The molecule has 0 heterocycles. The quantitative estimate of drug-likeness (QED) is 0.374. The van der Waals surface area contributed by atoms with E-state index in [0.717, 1.165) is 5.57 Å². The van der Waals surface area contributed by atoms with E-state index in [2.05, 4.69) is 11.6 Å². The fourth-order valence-corrected chi connectivity index (χ4v) is 0.409. The summed E-state index contributed by atoms with van der Waals surface area (Å²) >= 11 is 0. The molecule has 0 rings (SSSR count). The molecule has 0 bridgehead atoms. The van der Waals surface area contributed by atoms with Crippen molar-refractivity contribution in [2.75, 3.05) is 0 Å². The van der Waals surface area contributed by atoms with Gasteiger partial charge in [0.05, 0.1) is 0 Å². The molecular formula is C8H11N3. The van der Waals surface area contributed by atoms with Gasteiger partial charge in [-0.1, -0.05) is 12.2 Å². The lowest BCUT2D eigenvalue weighted by atomic mass is 10.3. The van der Waals surface area contributed by atoms with Crippen LogP contribution in [0, 0.1) is 11.3 Å². The van der Waals surface area contributed by atoms with Gasteiger partial charge in [-0.2, -0.15) is 5.26 Å². The minimum atomic E-state index is 0.228. The molecule has 0 amide bonds. The van der Waals surface area contributed by atoms with Gasteiger partial charge in [-0.05, 0) is 6.92 Å². The predicted molar refractivity (Wildman–Crippen MR) is 45.8 cm³/mol. The van der Waals surface area contributed by atoms with Crippen molar-refractivity contribution in [2.24, 2.45) is 10.7 Å². The minimum Gasteiger partial charge on any atom is -0.402 e. The summed E-state index contributed by atoms with van der Waals surface area (Å²) in [5.41, 5.74) is 6.31. The summed E-state index contributed by atoms with van der Waals surface area (Å²) < 4.78 is 0. The smallest absolute Gasteiger partial charge is 0.155 e. The second-order valence-electron chi connectivity index (χ2n) is 2.14. The van der Waals surface area contributed by atoms with Gasteiger partial charge >= 0.3 is 0 Å². The van der Waals surface area contributed by atoms with Crippen LogP contribution in [0.4, 0.5) is 0 Å². The summed E-state index contributed by atoms with van der Waals surface area (Å²) in [7, 11) is 0. The first kappa shape index (κ1) is 9.44. The number of nitrogens with two attached hydrogens (primary N) is 1. The SMILES string of the molecule is C=C(C)C/C=N/C(C#N)=C\N. The maximum Gasteiger partial charge on any atom is 0.155 e. The average molecular weight is 149 g/mol. The molecule has 3 heteroatoms. The average Bonchev–Trinajstić information content (AvgIpc) is 1.98. The normalized spacial score (nSPS) is 11.5. The maximum atomic E-state index is 8.36. The molecule has 58 valence electrons. The van der Waals surface area contributed by atoms with Crippen molar-refractivity contribution in [3.8, 4) is 6.07 Å². The molecule has 0 aromatic heterocycles. The van der Waals surface area contributed by atoms with Crippen molar-refractivity contribution in [1.29, 1.82) is 5.26 Å². The molecule has 0 saturated heterocycles. The molecule has 0 aliphatic rings. The molecule has 0 radical (unpaired) electrons. The highest BCUT2D eigenvalue weighted by Crippen LogP contribution is 1.94. The second-order valence-corrected chi connectivity index (χ2v) is 2.14. The molecule has 0 aromatic rings. The van der Waals surface area contributed by atoms with Gasteiger partial charge in [0.2, 0.25) is 0 Å². The monoisotopic (exact) mass is 149 g/mol. The summed E-state index contributed by atoms with van der Waals surface area (Å²) in [6, 6.07) is 1.83. The lowest BCUT2D eigenvalue weighted by Crippen LogP contribution is -1.84. The molecule has 0 unspecified atom stereocenters. The number of allylic oxidation sites excluding steroid dienone is 2. The third kappa shape index (κ3) is 4.91. The molecule has 0 spiro atoms. The summed E-state index contributed by atoms with van der Waals surface area (Å²) in [6.07, 6.45) is 3.47. The predicted octanol–water partition coefficient (Wildman–Crippen LogP) is 1.35. The number of rotatable bonds is 3. The summed E-state index contributed by atoms with van der Waals surface area (Å²) in [4.78, 5) is 3.79. The van der Waals surface area contributed by atoms with E-state index in [4.69, 9.17) is 11.0 Å². The van der Waals surface area contributed by atoms with E-state index in [9.17, 15) is 0 Å². The molecular weight excluding hydrogens is 138 g/mol. The molecule has 11 heavy (non-hydrogen) atoms. The van der Waals surface area contributed by atoms with Crippen LogP contribution in [0.1, 0.15) is 13.3 Å². The first-order chi connectivity index (χ1) is 5.20. The van der Waals surface area contributed by atoms with E-state index in [-0.39, 0.29) is 5.70 Å². The van der Waals surface area contributed by atoms with E-state index in [1.807, 2.05) is 13.0 Å². The topological polar surface area (TPSA) is 62.2 Å². The van der Waals surface area contributed by atoms with E-state index in [1.54, 1.807) is 6.21 Å². The standard InChI is InChI=1S/C8H11N3/c1-7(2)3-4-11-8(5-9)6-10/h4-5H,1,3,9H2,2H3/b8-5-,11-4+. The zero-order valence-corrected chi connectivity index (χ0v) is 6.54. The molecule has 0 aliphatic heterocycles. The van der Waals surface area contributed by atoms with E-state index >= 15 is 0 Å². The Kier molecular flexibility index (Phi) is 4.50. The second kappa shape index (κ2) is 5.24. The highest BCUT2D eigenvalue weighted by Gasteiger charge is 1.85. The minimum absolute atomic E-state index is 0.228. The zero-order valence-electron chi connectivity index (χ0n) is 6.54. The molecule has 3 nitrogen and oxygen atoms in total. The van der Waals surface area contributed by atoms with Gasteiger partial charge in [-0.15, -0.1) is 0 Å². The van der Waals surface area contributed by atoms with Crippen molar-refractivity contribution >= 4 is 6.21 Å². The van der Waals surface area contributed by atoms with Crippen LogP contribution in [0.5, 0.6) is 0 Å². The van der Waals surface area contributed by atoms with Gasteiger partial charge < -0.3 is 5.73 Å². The van der Waals surface area contributed by atoms with Crippen LogP contribution in [0.3, 0.4) is 0 Å². The number of hydrogen-bond donors (Lipinski definition) is 1. The zero-order chi connectivity index (χ0) is 8.69. The van der Waals surface area contributed by atoms with Crippen molar-refractivity contribution in [3.05, 3.63) is 24.0 Å². The molecule has 0 aliphatic carbocycles. The van der Waals surface area contributed by atoms with Gasteiger partial charge in [-0.25, -0.2) is 4.99 Å². The third-order valence-corrected chi connectivity index (χ3v) is 0.943. The Morgan fingerprint density at radius 2 is 2.45 bits per heavy atom. The van der Waals surface area contributed by atoms with Gasteiger partial charge in [0.15, 0.2) is 5.70 Å². The Labute approximate surface area is 66.5 Å². The molecule has 2 N–H and O–H groups in total. The van der Waals surface area contributed by atoms with Crippen molar-refractivity contribution in [2.45, 2.75) is 13.3 Å². The lowest BCUT2D eigenvalue weighted by Gasteiger charge is -1.88. The number of hydrogen-bond acceptors (Lipinski definition) is 3. The third-order valence-electron chi connectivity index (χ3n) is 0.943. The Balaban J connectivity index is 3.94. The fourth-order valence-electron chi connectivity index (χ4n) is 0.409. The van der Waals surface area contributed by atoms with E-state index < -0.39 is 0 Å². The van der Waals surface area contributed by atoms with Crippen LogP contribution in [-0.4, -0.2) is 6.21 Å². The Morgan fingerprint density at radius 1 is 1.82 bits per heavy atom. The van der Waals surface area contributed by atoms with Crippen molar-refractivity contribution < 1.29 is 0 Å². The highest BCUT2D eigenvalue weighted by molar-refractivity contribution is 5.62. The molecule has 0 aromatic carbocycles. The lowest BCUT2D eigenvalue weighted by molar-refractivity contribution is 1.27. The highest BCUT2D eigenvalue weighted by atomic mass is 14.7.